The lowest BCUT2D eigenvalue weighted by Gasteiger charge is -2.14. The highest BCUT2D eigenvalue weighted by Crippen LogP contribution is 2.38. The van der Waals surface area contributed by atoms with Crippen molar-refractivity contribution in [1.29, 1.82) is 5.26 Å². The van der Waals surface area contributed by atoms with Crippen LogP contribution >= 0.6 is 11.6 Å². The van der Waals surface area contributed by atoms with E-state index in [2.05, 4.69) is 16.0 Å². The van der Waals surface area contributed by atoms with Gasteiger partial charge in [-0.1, -0.05) is 48.0 Å². The number of pyridine rings is 3. The summed E-state index contributed by atoms with van der Waals surface area (Å²) in [6.07, 6.45) is 3.22. The Morgan fingerprint density at radius 2 is 1.83 bits per heavy atom. The molecule has 0 amide bonds. The van der Waals surface area contributed by atoms with Gasteiger partial charge in [-0.2, -0.15) is 5.26 Å². The average Bonchev–Trinajstić information content (AvgIpc) is 2.78. The molecule has 142 valence electrons. The van der Waals surface area contributed by atoms with Crippen LogP contribution in [0.4, 0.5) is 0 Å². The lowest BCUT2D eigenvalue weighted by Crippen LogP contribution is -2.07. The zero-order chi connectivity index (χ0) is 20.7. The van der Waals surface area contributed by atoms with Crippen LogP contribution < -0.4 is 5.43 Å². The summed E-state index contributed by atoms with van der Waals surface area (Å²) in [6.45, 7) is 0. The minimum atomic E-state index is -0.262. The third kappa shape index (κ3) is 2.83. The zero-order valence-corrected chi connectivity index (χ0v) is 16.3. The second-order valence-electron chi connectivity index (χ2n) is 6.79. The number of nitriles is 1. The number of rotatable bonds is 2. The first kappa shape index (κ1) is 18.0. The average molecular weight is 409 g/mol. The molecular weight excluding hydrogens is 396 g/mol. The molecule has 0 saturated carbocycles. The van der Waals surface area contributed by atoms with E-state index in [0.29, 0.717) is 33.0 Å². The van der Waals surface area contributed by atoms with Crippen LogP contribution in [0.25, 0.3) is 44.3 Å². The first-order valence-electron chi connectivity index (χ1n) is 9.23. The summed E-state index contributed by atoms with van der Waals surface area (Å²) in [5.41, 5.74) is 3.75. The van der Waals surface area contributed by atoms with Crippen molar-refractivity contribution < 1.29 is 0 Å². The molecule has 1 N–H and O–H groups in total. The van der Waals surface area contributed by atoms with Gasteiger partial charge in [-0.3, -0.25) is 9.78 Å². The molecule has 30 heavy (non-hydrogen) atoms. The Balaban J connectivity index is 1.97. The predicted octanol–water partition coefficient (Wildman–Crippen LogP) is 5.33. The molecule has 2 aromatic carbocycles. The molecule has 0 fully saturated rings. The van der Waals surface area contributed by atoms with Gasteiger partial charge < -0.3 is 4.98 Å². The number of nitrogens with zero attached hydrogens (tertiary/aromatic N) is 3. The molecule has 0 saturated heterocycles. The van der Waals surface area contributed by atoms with Crippen LogP contribution in [0.5, 0.6) is 0 Å². The molecule has 3 heterocycles. The van der Waals surface area contributed by atoms with Crippen LogP contribution in [-0.2, 0) is 0 Å². The van der Waals surface area contributed by atoms with Gasteiger partial charge in [0, 0.05) is 35.0 Å². The van der Waals surface area contributed by atoms with E-state index in [4.69, 9.17) is 16.6 Å². The first-order valence-corrected chi connectivity index (χ1v) is 9.61. The van der Waals surface area contributed by atoms with E-state index in [-0.39, 0.29) is 16.4 Å². The predicted molar refractivity (Wildman–Crippen MR) is 118 cm³/mol. The SMILES string of the molecule is N#Cc1c(-c2cc(Cl)c3ncccc3c2)c(-c2ccccc2)nc2[nH]ccc(=O)c12. The van der Waals surface area contributed by atoms with Gasteiger partial charge in [-0.15, -0.1) is 0 Å². The normalized spacial score (nSPS) is 10.9. The summed E-state index contributed by atoms with van der Waals surface area (Å²) in [4.78, 5) is 24.7. The van der Waals surface area contributed by atoms with Gasteiger partial charge in [0.2, 0.25) is 0 Å². The highest BCUT2D eigenvalue weighted by atomic mass is 35.5. The maximum Gasteiger partial charge on any atom is 0.192 e. The van der Waals surface area contributed by atoms with E-state index in [0.717, 1.165) is 10.9 Å². The van der Waals surface area contributed by atoms with Crippen LogP contribution in [0.3, 0.4) is 0 Å². The van der Waals surface area contributed by atoms with Gasteiger partial charge in [0.05, 0.1) is 27.2 Å². The minimum absolute atomic E-state index is 0.261. The summed E-state index contributed by atoms with van der Waals surface area (Å²) in [5, 5.41) is 11.6. The van der Waals surface area contributed by atoms with Gasteiger partial charge in [-0.25, -0.2) is 4.98 Å². The largest absolute Gasteiger partial charge is 0.346 e. The maximum atomic E-state index is 12.6. The minimum Gasteiger partial charge on any atom is -0.346 e. The van der Waals surface area contributed by atoms with E-state index >= 15 is 0 Å². The number of hydrogen-bond donors (Lipinski definition) is 1. The highest BCUT2D eigenvalue weighted by Gasteiger charge is 2.21. The third-order valence-electron chi connectivity index (χ3n) is 5.00. The van der Waals surface area contributed by atoms with Crippen molar-refractivity contribution in [3.8, 4) is 28.5 Å². The quantitative estimate of drug-likeness (QED) is 0.428. The lowest BCUT2D eigenvalue weighted by molar-refractivity contribution is 1.27. The van der Waals surface area contributed by atoms with Gasteiger partial charge in [0.1, 0.15) is 11.7 Å². The maximum absolute atomic E-state index is 12.6. The number of nitrogens with one attached hydrogen (secondary N) is 1. The molecular formula is C24H13ClN4O. The van der Waals surface area contributed by atoms with Gasteiger partial charge in [0.25, 0.3) is 0 Å². The molecule has 5 nitrogen and oxygen atoms in total. The molecule has 0 unspecified atom stereocenters. The summed E-state index contributed by atoms with van der Waals surface area (Å²) >= 11 is 6.52. The van der Waals surface area contributed by atoms with Crippen molar-refractivity contribution in [3.05, 3.63) is 93.9 Å². The van der Waals surface area contributed by atoms with Crippen molar-refractivity contribution in [2.45, 2.75) is 0 Å². The fraction of sp³-hybridized carbons (Fsp3) is 0. The van der Waals surface area contributed by atoms with Gasteiger partial charge in [0.15, 0.2) is 5.43 Å². The topological polar surface area (TPSA) is 82.4 Å². The Morgan fingerprint density at radius 1 is 1.00 bits per heavy atom. The van der Waals surface area contributed by atoms with Gasteiger partial charge >= 0.3 is 0 Å². The highest BCUT2D eigenvalue weighted by molar-refractivity contribution is 6.35. The zero-order valence-electron chi connectivity index (χ0n) is 15.6. The third-order valence-corrected chi connectivity index (χ3v) is 5.29. The molecule has 0 radical (unpaired) electrons. The Morgan fingerprint density at radius 3 is 2.63 bits per heavy atom. The lowest BCUT2D eigenvalue weighted by atomic mass is 9.92. The number of fused-ring (bicyclic) bond motifs is 2. The summed E-state index contributed by atoms with van der Waals surface area (Å²) in [7, 11) is 0. The van der Waals surface area contributed by atoms with Crippen molar-refractivity contribution in [2.75, 3.05) is 0 Å². The van der Waals surface area contributed by atoms with E-state index < -0.39 is 0 Å². The van der Waals surface area contributed by atoms with Crippen molar-refractivity contribution in [3.63, 3.8) is 0 Å². The van der Waals surface area contributed by atoms with Crippen LogP contribution in [-0.4, -0.2) is 15.0 Å². The molecule has 5 rings (SSSR count). The Bertz CT molecular complexity index is 1540. The Kier molecular flexibility index (Phi) is 4.27. The molecule has 0 bridgehead atoms. The summed E-state index contributed by atoms with van der Waals surface area (Å²) < 4.78 is 0. The van der Waals surface area contributed by atoms with E-state index in [1.54, 1.807) is 12.3 Å². The number of H-pyrrole nitrogens is 1. The molecule has 0 aliphatic carbocycles. The summed E-state index contributed by atoms with van der Waals surface area (Å²) in [5.74, 6) is 0. The molecule has 0 atom stereocenters. The number of aromatic amines is 1. The molecule has 6 heteroatoms. The van der Waals surface area contributed by atoms with Crippen LogP contribution in [0.1, 0.15) is 5.56 Å². The first-order chi connectivity index (χ1) is 14.7. The van der Waals surface area contributed by atoms with Crippen LogP contribution in [0.2, 0.25) is 5.02 Å². The standard InChI is InChI=1S/C24H13ClN4O/c25-18-12-16(11-15-7-4-9-27-22(15)18)20-17(13-26)21-19(30)8-10-28-24(21)29-23(20)14-5-2-1-3-6-14/h1-12H,(H,28,29,30). The molecule has 3 aromatic heterocycles. The van der Waals surface area contributed by atoms with Crippen LogP contribution in [0.15, 0.2) is 77.9 Å². The fourth-order valence-corrected chi connectivity index (χ4v) is 3.97. The molecule has 0 aliphatic heterocycles. The second kappa shape index (κ2) is 7.11. The van der Waals surface area contributed by atoms with Crippen LogP contribution in [0, 0.1) is 11.3 Å². The number of hydrogen-bond acceptors (Lipinski definition) is 4. The van der Waals surface area contributed by atoms with E-state index in [1.807, 2.05) is 48.5 Å². The molecule has 5 aromatic rings. The van der Waals surface area contributed by atoms with Crippen molar-refractivity contribution >= 4 is 33.5 Å². The monoisotopic (exact) mass is 408 g/mol. The fourth-order valence-electron chi connectivity index (χ4n) is 3.70. The van der Waals surface area contributed by atoms with E-state index in [9.17, 15) is 10.1 Å². The smallest absolute Gasteiger partial charge is 0.192 e. The Labute approximate surface area is 176 Å². The molecule has 0 spiro atoms. The second-order valence-corrected chi connectivity index (χ2v) is 7.19. The number of aromatic nitrogens is 3. The van der Waals surface area contributed by atoms with Crippen molar-refractivity contribution in [1.82, 2.24) is 15.0 Å². The Hall–Kier alpha value is -4.01. The van der Waals surface area contributed by atoms with Crippen molar-refractivity contribution in [2.24, 2.45) is 0 Å². The van der Waals surface area contributed by atoms with Gasteiger partial charge in [-0.05, 0) is 23.8 Å². The molecule has 0 aliphatic rings. The number of halogens is 1. The summed E-state index contributed by atoms with van der Waals surface area (Å²) in [6, 6.07) is 20.6. The number of benzene rings is 2. The van der Waals surface area contributed by atoms with E-state index in [1.165, 1.54) is 12.3 Å².